The highest BCUT2D eigenvalue weighted by atomic mass is 16.1. The largest absolute Gasteiger partial charge is 0.348 e. The van der Waals surface area contributed by atoms with Gasteiger partial charge in [0.05, 0.1) is 5.56 Å². The third kappa shape index (κ3) is 3.21. The first-order valence-corrected chi connectivity index (χ1v) is 6.30. The number of carbonyl (C=O) groups excluding carboxylic acids is 1. The van der Waals surface area contributed by atoms with E-state index in [0.717, 1.165) is 11.1 Å². The van der Waals surface area contributed by atoms with Crippen molar-refractivity contribution in [2.45, 2.75) is 20.4 Å². The Hall–Kier alpha value is -2.67. The minimum atomic E-state index is -0.192. The Morgan fingerprint density at radius 2 is 2.10 bits per heavy atom. The van der Waals surface area contributed by atoms with Crippen LogP contribution in [0, 0.1) is 25.2 Å². The lowest BCUT2D eigenvalue weighted by atomic mass is 10.1. The van der Waals surface area contributed by atoms with E-state index in [4.69, 9.17) is 5.26 Å². The van der Waals surface area contributed by atoms with Gasteiger partial charge < -0.3 is 5.32 Å². The van der Waals surface area contributed by atoms with Crippen LogP contribution in [0.2, 0.25) is 0 Å². The van der Waals surface area contributed by atoms with E-state index in [1.807, 2.05) is 32.0 Å². The smallest absolute Gasteiger partial charge is 0.253 e. The summed E-state index contributed by atoms with van der Waals surface area (Å²) in [6.07, 6.45) is 1.41. The van der Waals surface area contributed by atoms with E-state index < -0.39 is 0 Å². The molecule has 0 fully saturated rings. The normalized spacial score (nSPS) is 9.85. The summed E-state index contributed by atoms with van der Waals surface area (Å²) in [7, 11) is 0. The lowest BCUT2D eigenvalue weighted by Gasteiger charge is -2.09. The number of rotatable bonds is 3. The molecule has 2 rings (SSSR count). The zero-order chi connectivity index (χ0) is 14.5. The Balaban J connectivity index is 2.04. The quantitative estimate of drug-likeness (QED) is 0.927. The van der Waals surface area contributed by atoms with E-state index in [0.29, 0.717) is 17.8 Å². The molecular weight excluding hydrogens is 250 g/mol. The molecule has 100 valence electrons. The minimum absolute atomic E-state index is 0.192. The first-order valence-electron chi connectivity index (χ1n) is 6.30. The Bertz CT molecular complexity index is 669. The predicted octanol–water partition coefficient (Wildman–Crippen LogP) is 2.50. The molecule has 20 heavy (non-hydrogen) atoms. The molecule has 0 aliphatic carbocycles. The molecule has 0 unspecified atom stereocenters. The number of amides is 1. The van der Waals surface area contributed by atoms with Crippen LogP contribution in [-0.2, 0) is 6.54 Å². The van der Waals surface area contributed by atoms with Gasteiger partial charge in [-0.05, 0) is 37.1 Å². The van der Waals surface area contributed by atoms with Crippen molar-refractivity contribution >= 4 is 5.91 Å². The fourth-order valence-corrected chi connectivity index (χ4v) is 1.86. The molecule has 0 aliphatic heterocycles. The molecule has 2 aromatic rings. The highest BCUT2D eigenvalue weighted by Gasteiger charge is 2.07. The maximum absolute atomic E-state index is 12.0. The Morgan fingerprint density at radius 3 is 2.75 bits per heavy atom. The van der Waals surface area contributed by atoms with Crippen molar-refractivity contribution < 1.29 is 4.79 Å². The Kier molecular flexibility index (Phi) is 4.11. The average molecular weight is 265 g/mol. The zero-order valence-electron chi connectivity index (χ0n) is 11.5. The van der Waals surface area contributed by atoms with E-state index in [9.17, 15) is 4.79 Å². The van der Waals surface area contributed by atoms with Gasteiger partial charge >= 0.3 is 0 Å². The van der Waals surface area contributed by atoms with E-state index in [-0.39, 0.29) is 5.91 Å². The summed E-state index contributed by atoms with van der Waals surface area (Å²) in [4.78, 5) is 15.9. The summed E-state index contributed by atoms with van der Waals surface area (Å²) < 4.78 is 0. The second-order valence-electron chi connectivity index (χ2n) is 4.66. The molecule has 0 atom stereocenters. The van der Waals surface area contributed by atoms with Gasteiger partial charge in [-0.2, -0.15) is 5.26 Å². The van der Waals surface area contributed by atoms with E-state index in [1.54, 1.807) is 6.07 Å². The number of aryl methyl sites for hydroxylation is 2. The fraction of sp³-hybridized carbons (Fsp3) is 0.188. The number of benzene rings is 1. The fourth-order valence-electron chi connectivity index (χ4n) is 1.86. The molecule has 1 aromatic heterocycles. The molecule has 1 amide bonds. The number of hydrogen-bond acceptors (Lipinski definition) is 3. The summed E-state index contributed by atoms with van der Waals surface area (Å²) in [5.74, 6) is -0.192. The lowest BCUT2D eigenvalue weighted by Crippen LogP contribution is -2.23. The van der Waals surface area contributed by atoms with Gasteiger partial charge in [-0.15, -0.1) is 0 Å². The van der Waals surface area contributed by atoms with Crippen molar-refractivity contribution in [3.8, 4) is 6.07 Å². The van der Waals surface area contributed by atoms with Gasteiger partial charge in [-0.1, -0.05) is 23.8 Å². The summed E-state index contributed by atoms with van der Waals surface area (Å²) in [5.41, 5.74) is 4.17. The topological polar surface area (TPSA) is 65.8 Å². The van der Waals surface area contributed by atoms with Gasteiger partial charge in [0, 0.05) is 12.7 Å². The number of nitrogens with one attached hydrogen (secondary N) is 1. The Morgan fingerprint density at radius 1 is 1.30 bits per heavy atom. The van der Waals surface area contributed by atoms with Crippen LogP contribution in [0.4, 0.5) is 0 Å². The van der Waals surface area contributed by atoms with Crippen LogP contribution in [0.25, 0.3) is 0 Å². The second kappa shape index (κ2) is 5.98. The molecular formula is C16H15N3O. The van der Waals surface area contributed by atoms with E-state index in [2.05, 4.69) is 16.4 Å². The van der Waals surface area contributed by atoms with Gasteiger partial charge in [0.15, 0.2) is 0 Å². The number of carbonyl (C=O) groups is 1. The molecule has 0 bridgehead atoms. The summed E-state index contributed by atoms with van der Waals surface area (Å²) in [5, 5.41) is 11.5. The van der Waals surface area contributed by atoms with E-state index in [1.165, 1.54) is 17.8 Å². The molecule has 0 saturated heterocycles. The van der Waals surface area contributed by atoms with Gasteiger partial charge in [0.25, 0.3) is 5.91 Å². The van der Waals surface area contributed by atoms with Crippen LogP contribution >= 0.6 is 0 Å². The van der Waals surface area contributed by atoms with Crippen molar-refractivity contribution in [1.29, 1.82) is 5.26 Å². The first kappa shape index (κ1) is 13.8. The zero-order valence-corrected chi connectivity index (χ0v) is 11.5. The molecule has 1 aromatic carbocycles. The van der Waals surface area contributed by atoms with Crippen LogP contribution in [0.1, 0.15) is 32.7 Å². The van der Waals surface area contributed by atoms with Gasteiger partial charge in [-0.25, -0.2) is 4.98 Å². The number of hydrogen-bond donors (Lipinski definition) is 1. The average Bonchev–Trinajstić information content (AvgIpc) is 2.48. The van der Waals surface area contributed by atoms with Crippen molar-refractivity contribution in [2.24, 2.45) is 0 Å². The molecule has 4 heteroatoms. The minimum Gasteiger partial charge on any atom is -0.348 e. The van der Waals surface area contributed by atoms with E-state index >= 15 is 0 Å². The molecule has 0 spiro atoms. The maximum Gasteiger partial charge on any atom is 0.253 e. The highest BCUT2D eigenvalue weighted by molar-refractivity contribution is 5.93. The van der Waals surface area contributed by atoms with Crippen molar-refractivity contribution in [3.05, 3.63) is 64.5 Å². The van der Waals surface area contributed by atoms with Crippen molar-refractivity contribution in [2.75, 3.05) is 0 Å². The third-order valence-electron chi connectivity index (χ3n) is 3.08. The molecule has 0 aliphatic rings. The predicted molar refractivity (Wildman–Crippen MR) is 76.0 cm³/mol. The van der Waals surface area contributed by atoms with Crippen LogP contribution in [-0.4, -0.2) is 10.9 Å². The van der Waals surface area contributed by atoms with Gasteiger partial charge in [0.2, 0.25) is 0 Å². The third-order valence-corrected chi connectivity index (χ3v) is 3.08. The van der Waals surface area contributed by atoms with Crippen molar-refractivity contribution in [3.63, 3.8) is 0 Å². The SMILES string of the molecule is Cc1ccc(C)c(CNC(=O)c2ccc(C#N)nc2)c1. The maximum atomic E-state index is 12.0. The van der Waals surface area contributed by atoms with Crippen LogP contribution in [0.5, 0.6) is 0 Å². The van der Waals surface area contributed by atoms with Gasteiger partial charge in [0.1, 0.15) is 11.8 Å². The number of aromatic nitrogens is 1. The highest BCUT2D eigenvalue weighted by Crippen LogP contribution is 2.10. The molecule has 4 nitrogen and oxygen atoms in total. The van der Waals surface area contributed by atoms with Crippen LogP contribution < -0.4 is 5.32 Å². The number of nitriles is 1. The summed E-state index contributed by atoms with van der Waals surface area (Å²) in [6.45, 7) is 4.52. The molecule has 0 radical (unpaired) electrons. The standard InChI is InChI=1S/C16H15N3O/c1-11-3-4-12(2)14(7-11)10-19-16(20)13-5-6-15(8-17)18-9-13/h3-7,9H,10H2,1-2H3,(H,19,20). The number of pyridine rings is 1. The monoisotopic (exact) mass is 265 g/mol. The Labute approximate surface area is 118 Å². The molecule has 1 N–H and O–H groups in total. The molecule has 1 heterocycles. The molecule has 0 saturated carbocycles. The van der Waals surface area contributed by atoms with Crippen molar-refractivity contribution in [1.82, 2.24) is 10.3 Å². The lowest BCUT2D eigenvalue weighted by molar-refractivity contribution is 0.0950. The van der Waals surface area contributed by atoms with Crippen LogP contribution in [0.15, 0.2) is 36.5 Å². The summed E-state index contributed by atoms with van der Waals surface area (Å²) >= 11 is 0. The summed E-state index contributed by atoms with van der Waals surface area (Å²) in [6, 6.07) is 11.2. The first-order chi connectivity index (χ1) is 9.60. The van der Waals surface area contributed by atoms with Crippen LogP contribution in [0.3, 0.4) is 0 Å². The number of nitrogens with zero attached hydrogens (tertiary/aromatic N) is 2. The van der Waals surface area contributed by atoms with Gasteiger partial charge in [-0.3, -0.25) is 4.79 Å². The second-order valence-corrected chi connectivity index (χ2v) is 4.66.